The number of hydrogen-bond donors (Lipinski definition) is 0. The minimum absolute atomic E-state index is 0. The molecule has 0 fully saturated rings. The van der Waals surface area contributed by atoms with Gasteiger partial charge >= 0.3 is 0 Å². The van der Waals surface area contributed by atoms with Gasteiger partial charge < -0.3 is 4.52 Å². The molecule has 0 saturated heterocycles. The van der Waals surface area contributed by atoms with Crippen LogP contribution < -0.4 is 0 Å². The second-order valence-corrected chi connectivity index (χ2v) is 1.64. The van der Waals surface area contributed by atoms with Gasteiger partial charge in [-0.25, -0.2) is 6.07 Å². The van der Waals surface area contributed by atoms with Gasteiger partial charge in [-0.1, -0.05) is 6.20 Å². The molecule has 0 aliphatic rings. The van der Waals surface area contributed by atoms with Gasteiger partial charge in [-0.2, -0.15) is 6.07 Å². The van der Waals surface area contributed by atoms with Crippen LogP contribution in [0.2, 0.25) is 0 Å². The molecule has 2 rings (SSSR count). The van der Waals surface area contributed by atoms with E-state index in [-0.39, 0.29) is 32.7 Å². The molecule has 4 heteroatoms. The fourth-order valence-electron chi connectivity index (χ4n) is 0.660. The third kappa shape index (κ3) is 1.25. The summed E-state index contributed by atoms with van der Waals surface area (Å²) in [5.41, 5.74) is 1.45. The molecule has 0 aromatic carbocycles. The quantitative estimate of drug-likeness (QED) is 0.606. The Morgan fingerprint density at radius 1 is 1.50 bits per heavy atom. The summed E-state index contributed by atoms with van der Waals surface area (Å²) in [5, 5.41) is 3.54. The molecule has 0 N–H and O–H groups in total. The predicted octanol–water partition coefficient (Wildman–Crippen LogP) is 1.02. The molecule has 3 nitrogen and oxygen atoms in total. The molecule has 0 bridgehead atoms. The minimum atomic E-state index is 0. The van der Waals surface area contributed by atoms with E-state index >= 15 is 0 Å². The van der Waals surface area contributed by atoms with Gasteiger partial charge in [0.05, 0.1) is 6.20 Å². The molecule has 0 aliphatic heterocycles. The summed E-state index contributed by atoms with van der Waals surface area (Å²) in [5.74, 6) is 0. The molecular formula is C6H3N2OY-. The van der Waals surface area contributed by atoms with Gasteiger partial charge in [-0.05, 0) is 0 Å². The van der Waals surface area contributed by atoms with Crippen molar-refractivity contribution in [2.45, 2.75) is 0 Å². The van der Waals surface area contributed by atoms with Crippen LogP contribution in [0.3, 0.4) is 0 Å². The summed E-state index contributed by atoms with van der Waals surface area (Å²) in [4.78, 5) is 3.93. The van der Waals surface area contributed by atoms with Crippen LogP contribution in [-0.2, 0) is 32.7 Å². The first-order chi connectivity index (χ1) is 4.47. The molecule has 2 aromatic rings. The van der Waals surface area contributed by atoms with Crippen molar-refractivity contribution in [3.05, 3.63) is 24.5 Å². The van der Waals surface area contributed by atoms with Crippen LogP contribution in [0.4, 0.5) is 0 Å². The topological polar surface area (TPSA) is 38.9 Å². The van der Waals surface area contributed by atoms with Crippen molar-refractivity contribution in [2.75, 3.05) is 0 Å². The molecule has 2 aromatic heterocycles. The number of pyridine rings is 1. The van der Waals surface area contributed by atoms with Crippen molar-refractivity contribution in [3.63, 3.8) is 0 Å². The standard InChI is InChI=1S/C6H3N2O.Y/c1-2-6-5(7-3-1)4-8-9-6;/h2-4H;/q-1;. The Balaban J connectivity index is 0.000000500. The van der Waals surface area contributed by atoms with E-state index in [0.29, 0.717) is 5.58 Å². The van der Waals surface area contributed by atoms with Gasteiger partial charge in [-0.3, -0.25) is 4.98 Å². The fraction of sp³-hybridized carbons (Fsp3) is 0. The van der Waals surface area contributed by atoms with Crippen LogP contribution in [-0.4, -0.2) is 10.1 Å². The van der Waals surface area contributed by atoms with E-state index in [1.54, 1.807) is 18.5 Å². The van der Waals surface area contributed by atoms with Crippen LogP contribution in [0.1, 0.15) is 0 Å². The molecule has 0 spiro atoms. The summed E-state index contributed by atoms with van der Waals surface area (Å²) in [6.07, 6.45) is 3.16. The number of nitrogens with zero attached hydrogens (tertiary/aromatic N) is 2. The smallest absolute Gasteiger partial charge is 0.0760 e. The number of fused-ring (bicyclic) bond motifs is 1. The first kappa shape index (κ1) is 7.83. The van der Waals surface area contributed by atoms with Gasteiger partial charge in [0.2, 0.25) is 0 Å². The van der Waals surface area contributed by atoms with Crippen LogP contribution >= 0.6 is 0 Å². The number of aromatic nitrogens is 2. The van der Waals surface area contributed by atoms with E-state index in [1.165, 1.54) is 0 Å². The van der Waals surface area contributed by atoms with Gasteiger partial charge in [0.1, 0.15) is 0 Å². The summed E-state index contributed by atoms with van der Waals surface area (Å²) < 4.78 is 4.77. The molecule has 1 radical (unpaired) electrons. The summed E-state index contributed by atoms with van der Waals surface area (Å²) >= 11 is 0. The molecule has 10 heavy (non-hydrogen) atoms. The van der Waals surface area contributed by atoms with Crippen LogP contribution in [0.5, 0.6) is 0 Å². The van der Waals surface area contributed by atoms with E-state index in [1.807, 2.05) is 0 Å². The first-order valence-corrected chi connectivity index (χ1v) is 2.53. The zero-order chi connectivity index (χ0) is 6.10. The van der Waals surface area contributed by atoms with Gasteiger partial charge in [-0.15, -0.1) is 5.16 Å². The first-order valence-electron chi connectivity index (χ1n) is 2.53. The van der Waals surface area contributed by atoms with Crippen LogP contribution in [0, 0.1) is 6.07 Å². The van der Waals surface area contributed by atoms with Crippen molar-refractivity contribution < 1.29 is 37.2 Å². The Morgan fingerprint density at radius 2 is 2.40 bits per heavy atom. The Labute approximate surface area is 82.7 Å². The largest absolute Gasteiger partial charge is 0.447 e. The molecule has 0 aliphatic carbocycles. The monoisotopic (exact) mass is 208 g/mol. The molecular weight excluding hydrogens is 205 g/mol. The van der Waals surface area contributed by atoms with E-state index in [9.17, 15) is 0 Å². The molecule has 0 atom stereocenters. The summed E-state index contributed by atoms with van der Waals surface area (Å²) in [6.45, 7) is 0. The third-order valence-corrected chi connectivity index (χ3v) is 1.07. The fourth-order valence-corrected chi connectivity index (χ4v) is 0.660. The molecule has 0 unspecified atom stereocenters. The summed E-state index contributed by atoms with van der Waals surface area (Å²) in [6, 6.07) is 4.48. The molecule has 47 valence electrons. The maximum absolute atomic E-state index is 4.77. The van der Waals surface area contributed by atoms with Crippen LogP contribution in [0.15, 0.2) is 23.0 Å². The van der Waals surface area contributed by atoms with Crippen molar-refractivity contribution in [1.29, 1.82) is 0 Å². The second kappa shape index (κ2) is 3.21. The third-order valence-electron chi connectivity index (χ3n) is 1.07. The second-order valence-electron chi connectivity index (χ2n) is 1.64. The molecule has 0 saturated carbocycles. The molecule has 2 heterocycles. The van der Waals surface area contributed by atoms with E-state index in [4.69, 9.17) is 4.52 Å². The normalized spacial score (nSPS) is 9.20. The average Bonchev–Trinajstić information content (AvgIpc) is 2.33. The Bertz CT molecular complexity index is 290. The zero-order valence-electron chi connectivity index (χ0n) is 5.11. The van der Waals surface area contributed by atoms with Crippen molar-refractivity contribution >= 4 is 11.1 Å². The van der Waals surface area contributed by atoms with E-state index in [2.05, 4.69) is 16.2 Å². The SMILES string of the molecule is [Y].[c-]1cnc2cnoc2c1. The summed E-state index contributed by atoms with van der Waals surface area (Å²) in [7, 11) is 0. The average molecular weight is 208 g/mol. The Hall–Kier alpha value is -0.276. The maximum Gasteiger partial charge on any atom is 0.0760 e. The van der Waals surface area contributed by atoms with Gasteiger partial charge in [0, 0.05) is 43.8 Å². The van der Waals surface area contributed by atoms with E-state index < -0.39 is 0 Å². The Morgan fingerprint density at radius 3 is 3.20 bits per heavy atom. The maximum atomic E-state index is 4.77. The predicted molar refractivity (Wildman–Crippen MR) is 30.6 cm³/mol. The Kier molecular flexibility index (Phi) is 2.52. The van der Waals surface area contributed by atoms with E-state index in [0.717, 1.165) is 5.52 Å². The zero-order valence-corrected chi connectivity index (χ0v) is 7.95. The van der Waals surface area contributed by atoms with Crippen LogP contribution in [0.25, 0.3) is 11.1 Å². The number of rotatable bonds is 0. The van der Waals surface area contributed by atoms with Crippen molar-refractivity contribution in [1.82, 2.24) is 10.1 Å². The minimum Gasteiger partial charge on any atom is -0.447 e. The van der Waals surface area contributed by atoms with Crippen molar-refractivity contribution in [3.8, 4) is 0 Å². The number of hydrogen-bond acceptors (Lipinski definition) is 3. The molecule has 0 amide bonds. The van der Waals surface area contributed by atoms with Gasteiger partial charge in [0.15, 0.2) is 0 Å². The van der Waals surface area contributed by atoms with Crippen molar-refractivity contribution in [2.24, 2.45) is 0 Å². The van der Waals surface area contributed by atoms with Gasteiger partial charge in [0.25, 0.3) is 0 Å².